The van der Waals surface area contributed by atoms with Crippen molar-refractivity contribution in [3.05, 3.63) is 23.5 Å². The summed E-state index contributed by atoms with van der Waals surface area (Å²) >= 11 is 0. The summed E-state index contributed by atoms with van der Waals surface area (Å²) in [4.78, 5) is 14.2. The van der Waals surface area contributed by atoms with Crippen LogP contribution in [0.5, 0.6) is 0 Å². The highest BCUT2D eigenvalue weighted by Gasteiger charge is 2.11. The number of aromatic carboxylic acids is 1. The van der Waals surface area contributed by atoms with Crippen LogP contribution in [-0.4, -0.2) is 16.1 Å². The van der Waals surface area contributed by atoms with Crippen LogP contribution in [0.1, 0.15) is 16.1 Å². The minimum absolute atomic E-state index is 0.0579. The normalized spacial score (nSPS) is 9.50. The minimum atomic E-state index is -1.09. The third kappa shape index (κ3) is 1.35. The maximum absolute atomic E-state index is 10.6. The third-order valence-electron chi connectivity index (χ3n) is 1.51. The van der Waals surface area contributed by atoms with Crippen molar-refractivity contribution >= 4 is 11.7 Å². The van der Waals surface area contributed by atoms with Gasteiger partial charge in [0.1, 0.15) is 0 Å². The second kappa shape index (κ2) is 3.19. The van der Waals surface area contributed by atoms with E-state index >= 15 is 0 Å². The molecule has 0 saturated heterocycles. The molecule has 4 N–H and O–H groups in total. The largest absolute Gasteiger partial charge is 0.476 e. The van der Waals surface area contributed by atoms with E-state index < -0.39 is 5.97 Å². The van der Waals surface area contributed by atoms with Crippen molar-refractivity contribution in [3.63, 3.8) is 0 Å². The highest BCUT2D eigenvalue weighted by atomic mass is 16.4. The molecule has 0 aliphatic carbocycles. The number of nitrogens with one attached hydrogen (secondary N) is 1. The second-order valence-corrected chi connectivity index (χ2v) is 2.30. The molecule has 1 aromatic rings. The van der Waals surface area contributed by atoms with Gasteiger partial charge in [-0.05, 0) is 18.6 Å². The van der Waals surface area contributed by atoms with Crippen molar-refractivity contribution in [2.45, 2.75) is 6.92 Å². The first-order valence-corrected chi connectivity index (χ1v) is 3.32. The van der Waals surface area contributed by atoms with Crippen molar-refractivity contribution in [2.75, 3.05) is 5.43 Å². The number of aryl methyl sites for hydroxylation is 1. The van der Waals surface area contributed by atoms with Crippen LogP contribution in [-0.2, 0) is 0 Å². The quantitative estimate of drug-likeness (QED) is 0.437. The molecule has 0 aromatic carbocycles. The van der Waals surface area contributed by atoms with Crippen LogP contribution in [0.25, 0.3) is 0 Å². The van der Waals surface area contributed by atoms with Gasteiger partial charge in [0.25, 0.3) is 0 Å². The molecule has 1 heterocycles. The molecule has 0 aliphatic heterocycles. The van der Waals surface area contributed by atoms with Crippen molar-refractivity contribution < 1.29 is 9.90 Å². The summed E-state index contributed by atoms with van der Waals surface area (Å²) in [5.41, 5.74) is 3.35. The zero-order chi connectivity index (χ0) is 9.14. The van der Waals surface area contributed by atoms with Crippen molar-refractivity contribution in [1.82, 2.24) is 4.98 Å². The summed E-state index contributed by atoms with van der Waals surface area (Å²) in [6.45, 7) is 1.75. The van der Waals surface area contributed by atoms with Gasteiger partial charge in [-0.3, -0.25) is 5.84 Å². The average Bonchev–Trinajstić information content (AvgIpc) is 2.03. The van der Waals surface area contributed by atoms with Crippen LogP contribution < -0.4 is 11.3 Å². The molecule has 0 amide bonds. The number of hydrazine groups is 1. The molecule has 5 heteroatoms. The van der Waals surface area contributed by atoms with Crippen molar-refractivity contribution in [3.8, 4) is 0 Å². The number of nitrogens with zero attached hydrogens (tertiary/aromatic N) is 1. The van der Waals surface area contributed by atoms with E-state index in [0.717, 1.165) is 5.56 Å². The van der Waals surface area contributed by atoms with E-state index in [2.05, 4.69) is 10.4 Å². The van der Waals surface area contributed by atoms with Crippen molar-refractivity contribution in [2.24, 2.45) is 5.84 Å². The lowest BCUT2D eigenvalue weighted by Crippen LogP contribution is -2.14. The first-order chi connectivity index (χ1) is 5.66. The number of anilines is 1. The number of rotatable bonds is 2. The summed E-state index contributed by atoms with van der Waals surface area (Å²) in [5, 5.41) is 8.66. The Labute approximate surface area is 69.2 Å². The highest BCUT2D eigenvalue weighted by Crippen LogP contribution is 2.16. The molecule has 0 saturated carbocycles. The molecular formula is C7H9N3O2. The van der Waals surface area contributed by atoms with Gasteiger partial charge in [-0.25, -0.2) is 9.78 Å². The molecule has 5 nitrogen and oxygen atoms in total. The maximum Gasteiger partial charge on any atom is 0.356 e. The predicted molar refractivity (Wildman–Crippen MR) is 43.7 cm³/mol. The van der Waals surface area contributed by atoms with Gasteiger partial charge in [0, 0.05) is 6.20 Å². The predicted octanol–water partition coefficient (Wildman–Crippen LogP) is 0.374. The van der Waals surface area contributed by atoms with Crippen LogP contribution >= 0.6 is 0 Å². The molecule has 1 aromatic heterocycles. The Morgan fingerprint density at radius 3 is 2.83 bits per heavy atom. The third-order valence-corrected chi connectivity index (χ3v) is 1.51. The Balaban J connectivity index is 3.27. The number of aromatic nitrogens is 1. The summed E-state index contributed by atoms with van der Waals surface area (Å²) < 4.78 is 0. The zero-order valence-corrected chi connectivity index (χ0v) is 6.53. The molecular weight excluding hydrogens is 158 g/mol. The SMILES string of the molecule is Cc1ccnc(C(=O)O)c1NN. The Morgan fingerprint density at radius 1 is 1.75 bits per heavy atom. The smallest absolute Gasteiger partial charge is 0.356 e. The van der Waals surface area contributed by atoms with Crippen LogP contribution in [0.15, 0.2) is 12.3 Å². The number of nitrogens with two attached hydrogens (primary N) is 1. The zero-order valence-electron chi connectivity index (χ0n) is 6.53. The fraction of sp³-hybridized carbons (Fsp3) is 0.143. The lowest BCUT2D eigenvalue weighted by atomic mass is 10.2. The second-order valence-electron chi connectivity index (χ2n) is 2.30. The van der Waals surface area contributed by atoms with Crippen LogP contribution in [0, 0.1) is 6.92 Å². The molecule has 0 unspecified atom stereocenters. The number of carboxylic acid groups (broad SMARTS) is 1. The van der Waals surface area contributed by atoms with E-state index in [-0.39, 0.29) is 5.69 Å². The molecule has 0 spiro atoms. The maximum atomic E-state index is 10.6. The van der Waals surface area contributed by atoms with Crippen molar-refractivity contribution in [1.29, 1.82) is 0 Å². The van der Waals surface area contributed by atoms with E-state index in [4.69, 9.17) is 10.9 Å². The summed E-state index contributed by atoms with van der Waals surface area (Å²) in [5.74, 6) is 4.04. The summed E-state index contributed by atoms with van der Waals surface area (Å²) in [6, 6.07) is 1.68. The van der Waals surface area contributed by atoms with Gasteiger partial charge in [-0.15, -0.1) is 0 Å². The average molecular weight is 167 g/mol. The Morgan fingerprint density at radius 2 is 2.42 bits per heavy atom. The van der Waals surface area contributed by atoms with E-state index in [1.807, 2.05) is 0 Å². The summed E-state index contributed by atoms with van der Waals surface area (Å²) in [7, 11) is 0. The van der Waals surface area contributed by atoms with E-state index in [0.29, 0.717) is 5.69 Å². The van der Waals surface area contributed by atoms with Gasteiger partial charge in [0.05, 0.1) is 5.69 Å². The molecule has 64 valence electrons. The monoisotopic (exact) mass is 167 g/mol. The molecule has 0 atom stereocenters. The van der Waals surface area contributed by atoms with Crippen LogP contribution in [0.4, 0.5) is 5.69 Å². The standard InChI is InChI=1S/C7H9N3O2/c1-4-2-3-9-6(7(11)12)5(4)10-8/h2-3,10H,8H2,1H3,(H,11,12). The fourth-order valence-corrected chi connectivity index (χ4v) is 0.903. The first kappa shape index (κ1) is 8.48. The first-order valence-electron chi connectivity index (χ1n) is 3.32. The number of nitrogen functional groups attached to an aromatic ring is 1. The van der Waals surface area contributed by atoms with E-state index in [9.17, 15) is 4.79 Å². The molecule has 1 rings (SSSR count). The number of carboxylic acids is 1. The fourth-order valence-electron chi connectivity index (χ4n) is 0.903. The molecule has 0 aliphatic rings. The topological polar surface area (TPSA) is 88.2 Å². The number of carbonyl (C=O) groups is 1. The molecule has 12 heavy (non-hydrogen) atoms. The van der Waals surface area contributed by atoms with E-state index in [1.165, 1.54) is 6.20 Å². The number of pyridine rings is 1. The van der Waals surface area contributed by atoms with Gasteiger partial charge in [-0.1, -0.05) is 0 Å². The van der Waals surface area contributed by atoms with Gasteiger partial charge in [0.15, 0.2) is 5.69 Å². The minimum Gasteiger partial charge on any atom is -0.476 e. The van der Waals surface area contributed by atoms with Gasteiger partial charge >= 0.3 is 5.97 Å². The van der Waals surface area contributed by atoms with Gasteiger partial charge in [0.2, 0.25) is 0 Å². The number of hydrogen-bond donors (Lipinski definition) is 3. The molecule has 0 bridgehead atoms. The van der Waals surface area contributed by atoms with Gasteiger partial charge in [-0.2, -0.15) is 0 Å². The summed E-state index contributed by atoms with van der Waals surface area (Å²) in [6.07, 6.45) is 1.43. The van der Waals surface area contributed by atoms with Gasteiger partial charge < -0.3 is 10.5 Å². The lowest BCUT2D eigenvalue weighted by Gasteiger charge is -2.06. The lowest BCUT2D eigenvalue weighted by molar-refractivity contribution is 0.0691. The van der Waals surface area contributed by atoms with E-state index in [1.54, 1.807) is 13.0 Å². The highest BCUT2D eigenvalue weighted by molar-refractivity contribution is 5.92. The van der Waals surface area contributed by atoms with Crippen LogP contribution in [0.2, 0.25) is 0 Å². The Kier molecular flexibility index (Phi) is 2.25. The Bertz CT molecular complexity index is 312. The molecule has 0 radical (unpaired) electrons. The molecule has 0 fully saturated rings. The Hall–Kier alpha value is -1.62. The van der Waals surface area contributed by atoms with Crippen LogP contribution in [0.3, 0.4) is 0 Å². The number of hydrogen-bond acceptors (Lipinski definition) is 4.